The van der Waals surface area contributed by atoms with Gasteiger partial charge >= 0.3 is 0 Å². The Labute approximate surface area is 145 Å². The number of aryl methyl sites for hydroxylation is 2. The Morgan fingerprint density at radius 1 is 1.38 bits per heavy atom. The lowest BCUT2D eigenvalue weighted by molar-refractivity contribution is 0.0691. The lowest BCUT2D eigenvalue weighted by Gasteiger charge is -2.35. The van der Waals surface area contributed by atoms with Crippen LogP contribution >= 0.6 is 11.3 Å². The Morgan fingerprint density at radius 2 is 2.00 bits per heavy atom. The van der Waals surface area contributed by atoms with Crippen molar-refractivity contribution in [3.8, 4) is 0 Å². The number of nitrogens with zero attached hydrogens (tertiary/aromatic N) is 4. The number of aromatic nitrogens is 2. The maximum atomic E-state index is 12.7. The normalized spacial score (nSPS) is 17.1. The molecule has 1 fully saturated rings. The van der Waals surface area contributed by atoms with Crippen molar-refractivity contribution in [2.45, 2.75) is 25.8 Å². The SMILES string of the molecule is Cc1nn(C)c2sc(C(=O)N3CCC(N(C)S(C)(=O)=O)CC3)cc12. The summed E-state index contributed by atoms with van der Waals surface area (Å²) < 4.78 is 26.5. The minimum atomic E-state index is -3.19. The van der Waals surface area contributed by atoms with Crippen LogP contribution in [0.25, 0.3) is 10.2 Å². The molecule has 1 aliphatic heterocycles. The summed E-state index contributed by atoms with van der Waals surface area (Å²) in [5, 5.41) is 5.38. The molecule has 0 aliphatic carbocycles. The number of hydrogen-bond donors (Lipinski definition) is 0. The van der Waals surface area contributed by atoms with Crippen LogP contribution in [0.3, 0.4) is 0 Å². The number of sulfonamides is 1. The maximum Gasteiger partial charge on any atom is 0.264 e. The van der Waals surface area contributed by atoms with E-state index in [0.29, 0.717) is 25.9 Å². The van der Waals surface area contributed by atoms with E-state index in [1.807, 2.05) is 24.9 Å². The van der Waals surface area contributed by atoms with Crippen molar-refractivity contribution in [1.82, 2.24) is 19.0 Å². The van der Waals surface area contributed by atoms with Crippen molar-refractivity contribution in [1.29, 1.82) is 0 Å². The van der Waals surface area contributed by atoms with Crippen molar-refractivity contribution < 1.29 is 13.2 Å². The number of likely N-dealkylation sites (tertiary alicyclic amines) is 1. The van der Waals surface area contributed by atoms with Crippen LogP contribution in [0.4, 0.5) is 0 Å². The van der Waals surface area contributed by atoms with Crippen LogP contribution in [-0.4, -0.2) is 65.7 Å². The predicted molar refractivity (Wildman–Crippen MR) is 94.9 cm³/mol. The highest BCUT2D eigenvalue weighted by molar-refractivity contribution is 7.88. The molecule has 7 nitrogen and oxygen atoms in total. The molecule has 3 rings (SSSR count). The summed E-state index contributed by atoms with van der Waals surface area (Å²) >= 11 is 1.46. The van der Waals surface area contributed by atoms with Gasteiger partial charge in [0.2, 0.25) is 10.0 Å². The lowest BCUT2D eigenvalue weighted by Crippen LogP contribution is -2.46. The quantitative estimate of drug-likeness (QED) is 0.819. The molecule has 0 radical (unpaired) electrons. The highest BCUT2D eigenvalue weighted by atomic mass is 32.2. The summed E-state index contributed by atoms with van der Waals surface area (Å²) in [5.74, 6) is 0.0241. The van der Waals surface area contributed by atoms with E-state index in [-0.39, 0.29) is 11.9 Å². The Balaban J connectivity index is 1.71. The van der Waals surface area contributed by atoms with Crippen LogP contribution in [0.5, 0.6) is 0 Å². The average molecular weight is 371 g/mol. The summed E-state index contributed by atoms with van der Waals surface area (Å²) in [4.78, 5) is 16.3. The molecule has 0 atom stereocenters. The number of piperidine rings is 1. The first-order chi connectivity index (χ1) is 11.2. The van der Waals surface area contributed by atoms with Crippen molar-refractivity contribution in [3.05, 3.63) is 16.6 Å². The van der Waals surface area contributed by atoms with Crippen LogP contribution in [0.15, 0.2) is 6.07 Å². The van der Waals surface area contributed by atoms with E-state index < -0.39 is 10.0 Å². The zero-order valence-corrected chi connectivity index (χ0v) is 15.9. The molecule has 1 saturated heterocycles. The zero-order chi connectivity index (χ0) is 17.6. The Kier molecular flexibility index (Phi) is 4.43. The average Bonchev–Trinajstić information content (AvgIpc) is 3.07. The number of carbonyl (C=O) groups is 1. The molecule has 1 amide bonds. The molecule has 0 aromatic carbocycles. The zero-order valence-electron chi connectivity index (χ0n) is 14.3. The van der Waals surface area contributed by atoms with E-state index >= 15 is 0 Å². The van der Waals surface area contributed by atoms with Crippen molar-refractivity contribution in [2.75, 3.05) is 26.4 Å². The fraction of sp³-hybridized carbons (Fsp3) is 0.600. The third kappa shape index (κ3) is 3.07. The number of thiophene rings is 1. The van der Waals surface area contributed by atoms with E-state index in [4.69, 9.17) is 0 Å². The molecule has 1 aliphatic rings. The van der Waals surface area contributed by atoms with Crippen molar-refractivity contribution in [2.24, 2.45) is 7.05 Å². The van der Waals surface area contributed by atoms with E-state index in [1.54, 1.807) is 11.7 Å². The predicted octanol–water partition coefficient (Wildman–Crippen LogP) is 1.44. The van der Waals surface area contributed by atoms with Gasteiger partial charge in [-0.1, -0.05) is 0 Å². The summed E-state index contributed by atoms with van der Waals surface area (Å²) in [6.07, 6.45) is 2.56. The van der Waals surface area contributed by atoms with Crippen LogP contribution < -0.4 is 0 Å². The fourth-order valence-corrected chi connectivity index (χ4v) is 5.01. The van der Waals surface area contributed by atoms with Gasteiger partial charge in [0.1, 0.15) is 4.83 Å². The molecule has 0 unspecified atom stereocenters. The standard InChI is InChI=1S/C15H22N4O3S2/c1-10-12-9-13(23-15(12)17(2)16-10)14(20)19-7-5-11(6-8-19)18(3)24(4,21)22/h9,11H,5-8H2,1-4H3. The Morgan fingerprint density at radius 3 is 2.54 bits per heavy atom. The monoisotopic (exact) mass is 370 g/mol. The van der Waals surface area contributed by atoms with E-state index in [9.17, 15) is 13.2 Å². The number of amides is 1. The minimum Gasteiger partial charge on any atom is -0.338 e. The molecule has 3 heterocycles. The van der Waals surface area contributed by atoms with Crippen LogP contribution in [0, 0.1) is 6.92 Å². The fourth-order valence-electron chi connectivity index (χ4n) is 3.17. The van der Waals surface area contributed by atoms with Crippen LogP contribution in [-0.2, 0) is 17.1 Å². The maximum absolute atomic E-state index is 12.7. The van der Waals surface area contributed by atoms with Gasteiger partial charge in [-0.05, 0) is 25.8 Å². The van der Waals surface area contributed by atoms with E-state index in [1.165, 1.54) is 21.9 Å². The highest BCUT2D eigenvalue weighted by Gasteiger charge is 2.30. The molecule has 132 valence electrons. The molecule has 2 aromatic rings. The first-order valence-electron chi connectivity index (χ1n) is 7.84. The Bertz CT molecular complexity index is 842. The second-order valence-electron chi connectivity index (χ2n) is 6.34. The topological polar surface area (TPSA) is 75.5 Å². The largest absolute Gasteiger partial charge is 0.338 e. The second-order valence-corrected chi connectivity index (χ2v) is 9.41. The van der Waals surface area contributed by atoms with Crippen LogP contribution in [0.1, 0.15) is 28.2 Å². The molecule has 9 heteroatoms. The van der Waals surface area contributed by atoms with Crippen LogP contribution in [0.2, 0.25) is 0 Å². The number of hydrogen-bond acceptors (Lipinski definition) is 5. The number of fused-ring (bicyclic) bond motifs is 1. The van der Waals surface area contributed by atoms with Gasteiger partial charge in [-0.25, -0.2) is 12.7 Å². The molecule has 0 spiro atoms. The summed E-state index contributed by atoms with van der Waals surface area (Å²) in [6, 6.07) is 1.89. The van der Waals surface area contributed by atoms with Gasteiger partial charge in [0, 0.05) is 38.6 Å². The second kappa shape index (κ2) is 6.12. The summed E-state index contributed by atoms with van der Waals surface area (Å²) in [5.41, 5.74) is 0.927. The molecular formula is C15H22N4O3S2. The van der Waals surface area contributed by atoms with Gasteiger partial charge in [-0.15, -0.1) is 11.3 Å². The van der Waals surface area contributed by atoms with Gasteiger partial charge in [0.25, 0.3) is 5.91 Å². The van der Waals surface area contributed by atoms with Crippen molar-refractivity contribution >= 4 is 37.5 Å². The minimum absolute atomic E-state index is 0.0241. The summed E-state index contributed by atoms with van der Waals surface area (Å²) in [7, 11) is 0.302. The first kappa shape index (κ1) is 17.4. The van der Waals surface area contributed by atoms with E-state index in [0.717, 1.165) is 20.8 Å². The lowest BCUT2D eigenvalue weighted by atomic mass is 10.1. The van der Waals surface area contributed by atoms with Gasteiger partial charge in [-0.3, -0.25) is 9.48 Å². The molecule has 0 saturated carbocycles. The molecule has 24 heavy (non-hydrogen) atoms. The summed E-state index contributed by atoms with van der Waals surface area (Å²) in [6.45, 7) is 3.10. The molecule has 0 N–H and O–H groups in total. The Hall–Kier alpha value is -1.45. The van der Waals surface area contributed by atoms with Crippen molar-refractivity contribution in [3.63, 3.8) is 0 Å². The third-order valence-electron chi connectivity index (χ3n) is 4.70. The van der Waals surface area contributed by atoms with E-state index in [2.05, 4.69) is 5.10 Å². The molecular weight excluding hydrogens is 348 g/mol. The molecule has 0 bridgehead atoms. The number of rotatable bonds is 3. The third-order valence-corrected chi connectivity index (χ3v) is 7.23. The molecule has 2 aromatic heterocycles. The van der Waals surface area contributed by atoms with Gasteiger partial charge in [0.15, 0.2) is 0 Å². The van der Waals surface area contributed by atoms with Gasteiger partial charge in [-0.2, -0.15) is 5.10 Å². The number of carbonyl (C=O) groups excluding carboxylic acids is 1. The van der Waals surface area contributed by atoms with Gasteiger partial charge < -0.3 is 4.90 Å². The van der Waals surface area contributed by atoms with Gasteiger partial charge in [0.05, 0.1) is 16.8 Å². The smallest absolute Gasteiger partial charge is 0.264 e. The highest BCUT2D eigenvalue weighted by Crippen LogP contribution is 2.29. The first-order valence-corrected chi connectivity index (χ1v) is 10.5.